The third kappa shape index (κ3) is 4.76. The van der Waals surface area contributed by atoms with Gasteiger partial charge >= 0.3 is 0 Å². The van der Waals surface area contributed by atoms with Crippen molar-refractivity contribution in [1.29, 1.82) is 0 Å². The van der Waals surface area contributed by atoms with Crippen molar-refractivity contribution >= 4 is 28.9 Å². The molecule has 3 rings (SSSR count). The predicted octanol–water partition coefficient (Wildman–Crippen LogP) is 4.29. The molecule has 0 spiro atoms. The van der Waals surface area contributed by atoms with Crippen molar-refractivity contribution in [1.82, 2.24) is 9.97 Å². The first-order valence-corrected chi connectivity index (χ1v) is 8.50. The fourth-order valence-electron chi connectivity index (χ4n) is 2.72. The van der Waals surface area contributed by atoms with Crippen LogP contribution in [0.4, 0.5) is 17.2 Å². The lowest BCUT2D eigenvalue weighted by Gasteiger charge is -2.09. The van der Waals surface area contributed by atoms with Crippen LogP contribution in [0.5, 0.6) is 0 Å². The molecule has 27 heavy (non-hydrogen) atoms. The van der Waals surface area contributed by atoms with E-state index < -0.39 is 0 Å². The second kappa shape index (κ2) is 7.78. The highest BCUT2D eigenvalue weighted by Gasteiger charge is 2.09. The number of nitrogens with zero attached hydrogens (tertiary/aromatic N) is 2. The summed E-state index contributed by atoms with van der Waals surface area (Å²) in [7, 11) is 0. The maximum Gasteiger partial charge on any atom is 0.275 e. The molecule has 1 amide bonds. The molecule has 6 heteroatoms. The van der Waals surface area contributed by atoms with Gasteiger partial charge in [-0.1, -0.05) is 18.2 Å². The summed E-state index contributed by atoms with van der Waals surface area (Å²) in [4.78, 5) is 32.2. The Morgan fingerprint density at radius 1 is 0.889 bits per heavy atom. The van der Waals surface area contributed by atoms with Gasteiger partial charge in [0, 0.05) is 16.9 Å². The molecular weight excluding hydrogens is 340 g/mol. The van der Waals surface area contributed by atoms with E-state index in [1.54, 1.807) is 18.2 Å². The van der Waals surface area contributed by atoms with Gasteiger partial charge in [0.15, 0.2) is 5.78 Å². The summed E-state index contributed by atoms with van der Waals surface area (Å²) in [6, 6.07) is 12.9. The quantitative estimate of drug-likeness (QED) is 0.663. The van der Waals surface area contributed by atoms with E-state index in [-0.39, 0.29) is 17.4 Å². The van der Waals surface area contributed by atoms with E-state index in [2.05, 4.69) is 20.6 Å². The summed E-state index contributed by atoms with van der Waals surface area (Å²) in [5.41, 5.74) is 4.43. The van der Waals surface area contributed by atoms with Crippen molar-refractivity contribution in [2.24, 2.45) is 0 Å². The highest BCUT2D eigenvalue weighted by atomic mass is 16.2. The first kappa shape index (κ1) is 18.3. The summed E-state index contributed by atoms with van der Waals surface area (Å²) in [6.45, 7) is 5.47. The van der Waals surface area contributed by atoms with Crippen molar-refractivity contribution < 1.29 is 9.59 Å². The molecule has 2 aromatic carbocycles. The Balaban J connectivity index is 1.70. The molecule has 0 aliphatic rings. The Morgan fingerprint density at radius 2 is 1.63 bits per heavy atom. The summed E-state index contributed by atoms with van der Waals surface area (Å²) < 4.78 is 0. The molecule has 0 bridgehead atoms. The summed E-state index contributed by atoms with van der Waals surface area (Å²) >= 11 is 0. The molecule has 0 atom stereocenters. The standard InChI is InChI=1S/C21H20N4O2/c1-13-7-14(2)9-18(8-13)25-21(27)19-11-23-20(12-22-19)24-17-6-4-5-16(10-17)15(3)26/h4-12H,1-3H3,(H,23,24)(H,25,27). The zero-order chi connectivity index (χ0) is 19.4. The largest absolute Gasteiger partial charge is 0.339 e. The topological polar surface area (TPSA) is 84.0 Å². The summed E-state index contributed by atoms with van der Waals surface area (Å²) in [5, 5.41) is 5.90. The van der Waals surface area contributed by atoms with Gasteiger partial charge in [-0.05, 0) is 56.2 Å². The van der Waals surface area contributed by atoms with Gasteiger partial charge in [-0.15, -0.1) is 0 Å². The Morgan fingerprint density at radius 3 is 2.26 bits per heavy atom. The van der Waals surface area contributed by atoms with E-state index in [0.717, 1.165) is 22.5 Å². The minimum Gasteiger partial charge on any atom is -0.339 e. The highest BCUT2D eigenvalue weighted by Crippen LogP contribution is 2.17. The van der Waals surface area contributed by atoms with Gasteiger partial charge in [-0.25, -0.2) is 9.97 Å². The molecule has 3 aromatic rings. The van der Waals surface area contributed by atoms with Gasteiger partial charge in [0.2, 0.25) is 0 Å². The number of hydrogen-bond acceptors (Lipinski definition) is 5. The second-order valence-electron chi connectivity index (χ2n) is 6.38. The van der Waals surface area contributed by atoms with E-state index in [1.165, 1.54) is 19.3 Å². The van der Waals surface area contributed by atoms with Gasteiger partial charge in [0.1, 0.15) is 11.5 Å². The van der Waals surface area contributed by atoms with Crippen LogP contribution in [0.2, 0.25) is 0 Å². The zero-order valence-electron chi connectivity index (χ0n) is 15.4. The molecular formula is C21H20N4O2. The van der Waals surface area contributed by atoms with Gasteiger partial charge in [-0.2, -0.15) is 0 Å². The van der Waals surface area contributed by atoms with E-state index in [9.17, 15) is 9.59 Å². The Labute approximate surface area is 157 Å². The molecule has 0 aliphatic carbocycles. The van der Waals surface area contributed by atoms with Crippen LogP contribution < -0.4 is 10.6 Å². The van der Waals surface area contributed by atoms with E-state index in [4.69, 9.17) is 0 Å². The predicted molar refractivity (Wildman–Crippen MR) is 106 cm³/mol. The van der Waals surface area contributed by atoms with E-state index >= 15 is 0 Å². The second-order valence-corrected chi connectivity index (χ2v) is 6.38. The Kier molecular flexibility index (Phi) is 5.26. The third-order valence-electron chi connectivity index (χ3n) is 3.91. The van der Waals surface area contributed by atoms with Crippen molar-refractivity contribution in [2.75, 3.05) is 10.6 Å². The van der Waals surface area contributed by atoms with Crippen LogP contribution in [-0.2, 0) is 0 Å². The fraction of sp³-hybridized carbons (Fsp3) is 0.143. The van der Waals surface area contributed by atoms with Crippen LogP contribution in [0, 0.1) is 13.8 Å². The third-order valence-corrected chi connectivity index (χ3v) is 3.91. The molecule has 136 valence electrons. The molecule has 0 saturated heterocycles. The lowest BCUT2D eigenvalue weighted by atomic mass is 10.1. The summed E-state index contributed by atoms with van der Waals surface area (Å²) in [5.74, 6) is 0.152. The average molecular weight is 360 g/mol. The number of anilines is 3. The van der Waals surface area contributed by atoms with Crippen LogP contribution in [0.1, 0.15) is 38.9 Å². The Hall–Kier alpha value is -3.54. The monoisotopic (exact) mass is 360 g/mol. The van der Waals surface area contributed by atoms with Crippen LogP contribution in [0.3, 0.4) is 0 Å². The number of amides is 1. The number of carbonyl (C=O) groups excluding carboxylic acids is 2. The smallest absolute Gasteiger partial charge is 0.275 e. The number of aryl methyl sites for hydroxylation is 2. The maximum atomic E-state index is 12.4. The van der Waals surface area contributed by atoms with Crippen molar-refractivity contribution in [3.05, 3.63) is 77.2 Å². The average Bonchev–Trinajstić information content (AvgIpc) is 2.61. The lowest BCUT2D eigenvalue weighted by Crippen LogP contribution is -2.14. The normalized spacial score (nSPS) is 10.3. The van der Waals surface area contributed by atoms with Gasteiger partial charge in [0.25, 0.3) is 5.91 Å². The number of nitrogens with one attached hydrogen (secondary N) is 2. The zero-order valence-corrected chi connectivity index (χ0v) is 15.4. The molecule has 1 heterocycles. The molecule has 1 aromatic heterocycles. The van der Waals surface area contributed by atoms with Gasteiger partial charge < -0.3 is 10.6 Å². The first-order valence-electron chi connectivity index (χ1n) is 8.50. The molecule has 0 aliphatic heterocycles. The minimum absolute atomic E-state index is 0.0110. The van der Waals surface area contributed by atoms with Crippen molar-refractivity contribution in [3.63, 3.8) is 0 Å². The minimum atomic E-state index is -0.322. The lowest BCUT2D eigenvalue weighted by molar-refractivity contribution is 0.101. The molecule has 6 nitrogen and oxygen atoms in total. The van der Waals surface area contributed by atoms with Gasteiger partial charge in [-0.3, -0.25) is 9.59 Å². The number of Topliss-reactive ketones (excluding diaryl/α,β-unsaturated/α-hetero) is 1. The van der Waals surface area contributed by atoms with Crippen LogP contribution in [0.15, 0.2) is 54.9 Å². The molecule has 0 radical (unpaired) electrons. The summed E-state index contributed by atoms with van der Waals surface area (Å²) in [6.07, 6.45) is 2.89. The van der Waals surface area contributed by atoms with Gasteiger partial charge in [0.05, 0.1) is 12.4 Å². The van der Waals surface area contributed by atoms with E-state index in [1.807, 2.05) is 38.1 Å². The van der Waals surface area contributed by atoms with Crippen LogP contribution in [0.25, 0.3) is 0 Å². The molecule has 2 N–H and O–H groups in total. The highest BCUT2D eigenvalue weighted by molar-refractivity contribution is 6.02. The van der Waals surface area contributed by atoms with Crippen LogP contribution >= 0.6 is 0 Å². The number of aromatic nitrogens is 2. The number of carbonyl (C=O) groups is 2. The molecule has 0 saturated carbocycles. The SMILES string of the molecule is CC(=O)c1cccc(Nc2cnc(C(=O)Nc3cc(C)cc(C)c3)cn2)c1. The van der Waals surface area contributed by atoms with Crippen molar-refractivity contribution in [3.8, 4) is 0 Å². The van der Waals surface area contributed by atoms with E-state index in [0.29, 0.717) is 11.4 Å². The molecule has 0 unspecified atom stereocenters. The number of benzene rings is 2. The van der Waals surface area contributed by atoms with Crippen LogP contribution in [-0.4, -0.2) is 21.7 Å². The number of hydrogen-bond donors (Lipinski definition) is 2. The molecule has 0 fully saturated rings. The van der Waals surface area contributed by atoms with Crippen molar-refractivity contribution in [2.45, 2.75) is 20.8 Å². The maximum absolute atomic E-state index is 12.4. The number of ketones is 1. The Bertz CT molecular complexity index is 977. The number of rotatable bonds is 5. The fourth-order valence-corrected chi connectivity index (χ4v) is 2.72. The first-order chi connectivity index (χ1) is 12.9.